The monoisotopic (exact) mass is 758 g/mol. The molecule has 1 saturated carbocycles. The Balaban J connectivity index is 1.27. The summed E-state index contributed by atoms with van der Waals surface area (Å²) in [5.41, 5.74) is 11.4. The summed E-state index contributed by atoms with van der Waals surface area (Å²) >= 11 is 1.63. The van der Waals surface area contributed by atoms with Gasteiger partial charge in [0.25, 0.3) is 0 Å². The lowest BCUT2D eigenvalue weighted by molar-refractivity contribution is 0.443. The van der Waals surface area contributed by atoms with E-state index in [4.69, 9.17) is 0 Å². The Morgan fingerprint density at radius 2 is 1.34 bits per heavy atom. The van der Waals surface area contributed by atoms with Crippen molar-refractivity contribution in [2.24, 2.45) is 0 Å². The van der Waals surface area contributed by atoms with Gasteiger partial charge in [0.15, 0.2) is 8.07 Å². The van der Waals surface area contributed by atoms with E-state index >= 15 is 0 Å². The average Bonchev–Trinajstić information content (AvgIpc) is 3.56. The van der Waals surface area contributed by atoms with Crippen LogP contribution in [0.1, 0.15) is 74.0 Å². The Morgan fingerprint density at radius 1 is 0.643 bits per heavy atom. The van der Waals surface area contributed by atoms with Gasteiger partial charge in [-0.2, -0.15) is 0 Å². The van der Waals surface area contributed by atoms with Crippen LogP contribution in [0.3, 0.4) is 0 Å². The zero-order valence-electron chi connectivity index (χ0n) is 35.3. The van der Waals surface area contributed by atoms with E-state index in [0.29, 0.717) is 5.92 Å². The van der Waals surface area contributed by atoms with Crippen LogP contribution in [0.5, 0.6) is 0 Å². The van der Waals surface area contributed by atoms with Gasteiger partial charge in [-0.3, -0.25) is 0 Å². The van der Waals surface area contributed by atoms with Gasteiger partial charge in [-0.05, 0) is 114 Å². The first kappa shape index (κ1) is 31.1. The third kappa shape index (κ3) is 5.08. The first-order valence-corrected chi connectivity index (χ1v) is 23.2. The molecule has 0 N–H and O–H groups in total. The van der Waals surface area contributed by atoms with Gasteiger partial charge in [0.2, 0.25) is 6.71 Å². The van der Waals surface area contributed by atoms with Gasteiger partial charge < -0.3 is 4.90 Å². The molecule has 7 aromatic carbocycles. The largest absolute Gasteiger partial charge is 0.311 e. The summed E-state index contributed by atoms with van der Waals surface area (Å²) in [6.45, 7) is 6.54. The summed E-state index contributed by atoms with van der Waals surface area (Å²) in [6, 6.07) is 52.8. The molecule has 4 aliphatic rings. The molecule has 0 saturated heterocycles. The van der Waals surface area contributed by atoms with Crippen molar-refractivity contribution >= 4 is 80.7 Å². The van der Waals surface area contributed by atoms with E-state index in [1.807, 2.05) is 0 Å². The standard InChI is InChI=1S/C52H46BNSSi/c1-52(2,3)37-27-29-38(30-28-37)54-45-23-15-24-48-51(45)53(44-32-36(26-31-47(44)55-48)35-16-7-4-8-17-35)43-34-50-42(33-46(43)54)41-22-13-14-25-49(41)56(50,39-18-9-5-10-19-39)40-20-11-6-12-21-40/h5-6,9-15,18-35H,4,7-8,16-17H2,1-3H3/i15D,23D,24D. The molecule has 1 nitrogen and oxygen atoms in total. The molecule has 0 unspecified atom stereocenters. The lowest BCUT2D eigenvalue weighted by atomic mass is 9.34. The van der Waals surface area contributed by atoms with E-state index in [-0.39, 0.29) is 30.3 Å². The summed E-state index contributed by atoms with van der Waals surface area (Å²) in [7, 11) is -2.83. The summed E-state index contributed by atoms with van der Waals surface area (Å²) in [5, 5.41) is 5.52. The second kappa shape index (κ2) is 13.0. The quantitative estimate of drug-likeness (QED) is 0.165. The van der Waals surface area contributed by atoms with Gasteiger partial charge >= 0.3 is 0 Å². The summed E-state index contributed by atoms with van der Waals surface area (Å²) in [6.07, 6.45) is 6.29. The van der Waals surface area contributed by atoms with Crippen LogP contribution in [0, 0.1) is 0 Å². The summed E-state index contributed by atoms with van der Waals surface area (Å²) < 4.78 is 28.5. The first-order chi connectivity index (χ1) is 28.7. The van der Waals surface area contributed by atoms with E-state index in [1.165, 1.54) is 86.0 Å². The van der Waals surface area contributed by atoms with Crippen molar-refractivity contribution in [2.75, 3.05) is 4.90 Å². The highest BCUT2D eigenvalue weighted by molar-refractivity contribution is 8.00. The Morgan fingerprint density at radius 3 is 2.05 bits per heavy atom. The van der Waals surface area contributed by atoms with Gasteiger partial charge in [-0.1, -0.05) is 179 Å². The van der Waals surface area contributed by atoms with E-state index < -0.39 is 8.07 Å². The van der Waals surface area contributed by atoms with Gasteiger partial charge in [0, 0.05) is 26.9 Å². The van der Waals surface area contributed by atoms with Gasteiger partial charge in [0.1, 0.15) is 0 Å². The van der Waals surface area contributed by atoms with Crippen LogP contribution in [0.4, 0.5) is 17.1 Å². The molecular weight excluding hydrogens is 710 g/mol. The van der Waals surface area contributed by atoms with Crippen LogP contribution in [-0.2, 0) is 5.41 Å². The van der Waals surface area contributed by atoms with Crippen molar-refractivity contribution in [3.05, 3.63) is 169 Å². The highest BCUT2D eigenvalue weighted by atomic mass is 32.2. The Hall–Kier alpha value is -5.03. The Kier molecular flexibility index (Phi) is 7.23. The number of fused-ring (bicyclic) bond motifs is 7. The number of benzene rings is 7. The Labute approximate surface area is 342 Å². The van der Waals surface area contributed by atoms with Crippen LogP contribution in [0.2, 0.25) is 0 Å². The maximum absolute atomic E-state index is 9.76. The second-order valence-corrected chi connectivity index (χ2v) is 22.0. The normalized spacial score (nSPS) is 17.2. The van der Waals surface area contributed by atoms with Crippen molar-refractivity contribution in [3.8, 4) is 11.1 Å². The fourth-order valence-electron chi connectivity index (χ4n) is 10.5. The molecule has 0 atom stereocenters. The van der Waals surface area contributed by atoms with E-state index in [2.05, 4.69) is 165 Å². The van der Waals surface area contributed by atoms with Crippen LogP contribution >= 0.6 is 11.8 Å². The van der Waals surface area contributed by atoms with Crippen LogP contribution in [-0.4, -0.2) is 14.8 Å². The average molecular weight is 759 g/mol. The summed E-state index contributed by atoms with van der Waals surface area (Å²) in [4.78, 5) is 4.25. The predicted octanol–water partition coefficient (Wildman–Crippen LogP) is 9.15. The van der Waals surface area contributed by atoms with Crippen molar-refractivity contribution in [1.29, 1.82) is 0 Å². The zero-order chi connectivity index (χ0) is 40.2. The molecule has 1 aliphatic carbocycles. The van der Waals surface area contributed by atoms with Gasteiger partial charge in [0.05, 0.1) is 4.11 Å². The molecular formula is C52H46BNSSi. The Bertz CT molecular complexity index is 2770. The molecule has 0 aromatic heterocycles. The molecule has 0 bridgehead atoms. The molecule has 3 aliphatic heterocycles. The molecule has 0 amide bonds. The van der Waals surface area contributed by atoms with Crippen LogP contribution < -0.4 is 42.0 Å². The predicted molar refractivity (Wildman–Crippen MR) is 243 cm³/mol. The fraction of sp³-hybridized carbons (Fsp3) is 0.192. The lowest BCUT2D eigenvalue weighted by Gasteiger charge is -2.41. The number of nitrogens with zero attached hydrogens (tertiary/aromatic N) is 1. The smallest absolute Gasteiger partial charge is 0.249 e. The van der Waals surface area contributed by atoms with Gasteiger partial charge in [-0.15, -0.1) is 0 Å². The molecule has 4 heteroatoms. The number of rotatable bonds is 4. The number of hydrogen-bond donors (Lipinski definition) is 0. The number of hydrogen-bond acceptors (Lipinski definition) is 2. The third-order valence-corrected chi connectivity index (χ3v) is 19.1. The van der Waals surface area contributed by atoms with Crippen molar-refractivity contribution in [1.82, 2.24) is 0 Å². The minimum absolute atomic E-state index is 0.0156. The van der Waals surface area contributed by atoms with Crippen LogP contribution in [0.25, 0.3) is 11.1 Å². The van der Waals surface area contributed by atoms with Crippen molar-refractivity contribution in [3.63, 3.8) is 0 Å². The van der Waals surface area contributed by atoms with E-state index in [1.54, 1.807) is 11.8 Å². The van der Waals surface area contributed by atoms with Crippen LogP contribution in [0.15, 0.2) is 167 Å². The minimum atomic E-state index is -2.83. The highest BCUT2D eigenvalue weighted by Crippen LogP contribution is 2.44. The highest BCUT2D eigenvalue weighted by Gasteiger charge is 2.51. The van der Waals surface area contributed by atoms with Crippen molar-refractivity contribution in [2.45, 2.75) is 74.0 Å². The maximum atomic E-state index is 9.76. The molecule has 1 fully saturated rings. The van der Waals surface area contributed by atoms with Gasteiger partial charge in [-0.25, -0.2) is 0 Å². The van der Waals surface area contributed by atoms with Crippen molar-refractivity contribution < 1.29 is 4.11 Å². The molecule has 0 spiro atoms. The topological polar surface area (TPSA) is 3.24 Å². The molecule has 56 heavy (non-hydrogen) atoms. The minimum Gasteiger partial charge on any atom is -0.311 e. The first-order valence-electron chi connectivity index (χ1n) is 21.9. The SMILES string of the molecule is [2H]c1c([2H])c2c3c(c1[2H])N(c1ccc(C(C)(C)C)cc1)c1cc4c(cc1B3c1cc(C3CCCCC3)ccc1S2)[Si](c1ccccc1)(c1ccccc1)c1ccccc1-4. The fourth-order valence-corrected chi connectivity index (χ4v) is 16.8. The lowest BCUT2D eigenvalue weighted by Crippen LogP contribution is -2.73. The second-order valence-electron chi connectivity index (χ2n) is 17.3. The molecule has 272 valence electrons. The summed E-state index contributed by atoms with van der Waals surface area (Å²) in [5.74, 6) is 0.542. The molecule has 11 rings (SSSR count). The van der Waals surface area contributed by atoms with E-state index in [9.17, 15) is 4.11 Å². The molecule has 0 radical (unpaired) electrons. The maximum Gasteiger partial charge on any atom is 0.249 e. The molecule has 7 aromatic rings. The molecule has 3 heterocycles. The number of anilines is 3. The van der Waals surface area contributed by atoms with E-state index in [0.717, 1.165) is 32.3 Å². The zero-order valence-corrected chi connectivity index (χ0v) is 34.1. The third-order valence-electron chi connectivity index (χ3n) is 13.2.